The highest BCUT2D eigenvalue weighted by atomic mass is 16.5. The van der Waals surface area contributed by atoms with Gasteiger partial charge in [0.2, 0.25) is 5.88 Å². The molecule has 110 valence electrons. The molecule has 0 fully saturated rings. The minimum atomic E-state index is 0.398. The summed E-state index contributed by atoms with van der Waals surface area (Å²) in [4.78, 5) is 0. The van der Waals surface area contributed by atoms with Crippen LogP contribution < -0.4 is 10.1 Å². The Balaban J connectivity index is 1.86. The van der Waals surface area contributed by atoms with Crippen molar-refractivity contribution in [2.24, 2.45) is 5.92 Å². The third-order valence-corrected chi connectivity index (χ3v) is 2.95. The van der Waals surface area contributed by atoms with Crippen LogP contribution in [0.2, 0.25) is 0 Å². The number of aromatic amines is 1. The predicted molar refractivity (Wildman–Crippen MR) is 77.6 cm³/mol. The predicted octanol–water partition coefficient (Wildman–Crippen LogP) is 2.94. The van der Waals surface area contributed by atoms with Gasteiger partial charge in [0.25, 0.3) is 0 Å². The molecule has 5 heteroatoms. The smallest absolute Gasteiger partial charge is 0.233 e. The molecule has 0 unspecified atom stereocenters. The van der Waals surface area contributed by atoms with E-state index in [9.17, 15) is 0 Å². The lowest BCUT2D eigenvalue weighted by Gasteiger charge is -2.06. The number of ether oxygens (including phenoxy) is 1. The van der Waals surface area contributed by atoms with Crippen LogP contribution in [-0.4, -0.2) is 16.7 Å². The maximum atomic E-state index is 5.80. The standard InChI is InChI=1S/C15H23N3O2/c1-10(2)7-16-8-14-11(3)5-13(20-14)9-19-15-6-12(4)17-18-15/h5-6,10,16H,7-9H2,1-4H3,(H,17,18). The van der Waals surface area contributed by atoms with Crippen LogP contribution in [0.15, 0.2) is 16.5 Å². The Hall–Kier alpha value is -1.75. The molecule has 0 aliphatic heterocycles. The number of aromatic nitrogens is 2. The number of hydrogen-bond donors (Lipinski definition) is 2. The molecule has 0 aromatic carbocycles. The Kier molecular flexibility index (Phi) is 4.84. The van der Waals surface area contributed by atoms with Gasteiger partial charge in [-0.15, -0.1) is 5.10 Å². The van der Waals surface area contributed by atoms with Crippen LogP contribution in [0.25, 0.3) is 0 Å². The first-order valence-electron chi connectivity index (χ1n) is 6.98. The summed E-state index contributed by atoms with van der Waals surface area (Å²) in [6, 6.07) is 3.88. The first-order valence-corrected chi connectivity index (χ1v) is 6.98. The van der Waals surface area contributed by atoms with E-state index < -0.39 is 0 Å². The van der Waals surface area contributed by atoms with Crippen molar-refractivity contribution in [3.05, 3.63) is 34.9 Å². The summed E-state index contributed by atoms with van der Waals surface area (Å²) < 4.78 is 11.4. The summed E-state index contributed by atoms with van der Waals surface area (Å²) in [5.41, 5.74) is 2.13. The summed E-state index contributed by atoms with van der Waals surface area (Å²) in [5.74, 6) is 3.03. The number of aryl methyl sites for hydroxylation is 2. The van der Waals surface area contributed by atoms with Crippen molar-refractivity contribution in [3.8, 4) is 5.88 Å². The van der Waals surface area contributed by atoms with Crippen LogP contribution in [0.4, 0.5) is 0 Å². The molecule has 0 radical (unpaired) electrons. The van der Waals surface area contributed by atoms with Crippen molar-refractivity contribution in [3.63, 3.8) is 0 Å². The van der Waals surface area contributed by atoms with Crippen LogP contribution in [-0.2, 0) is 13.2 Å². The molecule has 2 aromatic heterocycles. The summed E-state index contributed by atoms with van der Waals surface area (Å²) in [6.45, 7) is 10.5. The highest BCUT2D eigenvalue weighted by Crippen LogP contribution is 2.17. The SMILES string of the molecule is Cc1cc(OCc2cc(C)c(CNCC(C)C)o2)n[nH]1. The van der Waals surface area contributed by atoms with E-state index in [4.69, 9.17) is 9.15 Å². The fourth-order valence-electron chi connectivity index (χ4n) is 1.92. The largest absolute Gasteiger partial charge is 0.468 e. The van der Waals surface area contributed by atoms with E-state index in [1.165, 1.54) is 0 Å². The topological polar surface area (TPSA) is 63.1 Å². The van der Waals surface area contributed by atoms with Gasteiger partial charge < -0.3 is 14.5 Å². The second-order valence-electron chi connectivity index (χ2n) is 5.52. The zero-order chi connectivity index (χ0) is 14.5. The highest BCUT2D eigenvalue weighted by Gasteiger charge is 2.09. The average Bonchev–Trinajstić information content (AvgIpc) is 2.93. The maximum absolute atomic E-state index is 5.80. The van der Waals surface area contributed by atoms with Gasteiger partial charge in [0.15, 0.2) is 0 Å². The van der Waals surface area contributed by atoms with Crippen molar-refractivity contribution in [1.82, 2.24) is 15.5 Å². The molecular weight excluding hydrogens is 254 g/mol. The summed E-state index contributed by atoms with van der Waals surface area (Å²) in [7, 11) is 0. The fourth-order valence-corrected chi connectivity index (χ4v) is 1.92. The van der Waals surface area contributed by atoms with Gasteiger partial charge in [-0.2, -0.15) is 0 Å². The number of rotatable bonds is 7. The van der Waals surface area contributed by atoms with E-state index in [-0.39, 0.29) is 0 Å². The molecule has 0 atom stereocenters. The molecule has 2 rings (SSSR count). The Bertz CT molecular complexity index is 543. The van der Waals surface area contributed by atoms with Crippen molar-refractivity contribution in [1.29, 1.82) is 0 Å². The zero-order valence-electron chi connectivity index (χ0n) is 12.6. The molecule has 5 nitrogen and oxygen atoms in total. The number of hydrogen-bond acceptors (Lipinski definition) is 4. The van der Waals surface area contributed by atoms with Gasteiger partial charge in [-0.25, -0.2) is 0 Å². The number of H-pyrrole nitrogens is 1. The minimum absolute atomic E-state index is 0.398. The van der Waals surface area contributed by atoms with Gasteiger partial charge >= 0.3 is 0 Å². The quantitative estimate of drug-likeness (QED) is 0.816. The fraction of sp³-hybridized carbons (Fsp3) is 0.533. The van der Waals surface area contributed by atoms with Crippen molar-refractivity contribution < 1.29 is 9.15 Å². The van der Waals surface area contributed by atoms with E-state index in [0.29, 0.717) is 18.4 Å². The second kappa shape index (κ2) is 6.61. The van der Waals surface area contributed by atoms with E-state index in [1.807, 2.05) is 19.1 Å². The molecule has 20 heavy (non-hydrogen) atoms. The Labute approximate surface area is 119 Å². The second-order valence-corrected chi connectivity index (χ2v) is 5.52. The van der Waals surface area contributed by atoms with E-state index in [2.05, 4.69) is 36.3 Å². The van der Waals surface area contributed by atoms with Gasteiger partial charge in [-0.3, -0.25) is 5.10 Å². The van der Waals surface area contributed by atoms with Crippen LogP contribution in [0.5, 0.6) is 5.88 Å². The molecule has 2 aromatic rings. The first kappa shape index (κ1) is 14.7. The molecule has 2 N–H and O–H groups in total. The molecule has 0 bridgehead atoms. The van der Waals surface area contributed by atoms with Crippen molar-refractivity contribution in [2.45, 2.75) is 40.8 Å². The van der Waals surface area contributed by atoms with Crippen LogP contribution in [0, 0.1) is 19.8 Å². The minimum Gasteiger partial charge on any atom is -0.468 e. The lowest BCUT2D eigenvalue weighted by Crippen LogP contribution is -2.18. The van der Waals surface area contributed by atoms with Crippen LogP contribution in [0.3, 0.4) is 0 Å². The number of nitrogens with zero attached hydrogens (tertiary/aromatic N) is 1. The Morgan fingerprint density at radius 3 is 2.80 bits per heavy atom. The summed E-state index contributed by atoms with van der Waals surface area (Å²) in [5, 5.41) is 10.3. The number of furan rings is 1. The van der Waals surface area contributed by atoms with Gasteiger partial charge in [-0.1, -0.05) is 13.8 Å². The molecular formula is C15H23N3O2. The van der Waals surface area contributed by atoms with E-state index in [0.717, 1.165) is 35.9 Å². The molecule has 0 saturated carbocycles. The molecule has 0 aliphatic carbocycles. The zero-order valence-corrected chi connectivity index (χ0v) is 12.6. The number of nitrogens with one attached hydrogen (secondary N) is 2. The molecule has 0 spiro atoms. The third-order valence-electron chi connectivity index (χ3n) is 2.95. The third kappa shape index (κ3) is 4.13. The van der Waals surface area contributed by atoms with Crippen molar-refractivity contribution in [2.75, 3.05) is 6.54 Å². The van der Waals surface area contributed by atoms with Gasteiger partial charge in [0.05, 0.1) is 6.54 Å². The van der Waals surface area contributed by atoms with Crippen LogP contribution >= 0.6 is 0 Å². The monoisotopic (exact) mass is 277 g/mol. The summed E-state index contributed by atoms with van der Waals surface area (Å²) in [6.07, 6.45) is 0. The first-order chi connectivity index (χ1) is 9.54. The highest BCUT2D eigenvalue weighted by molar-refractivity contribution is 5.20. The Morgan fingerprint density at radius 1 is 1.35 bits per heavy atom. The van der Waals surface area contributed by atoms with Crippen molar-refractivity contribution >= 4 is 0 Å². The van der Waals surface area contributed by atoms with Gasteiger partial charge in [-0.05, 0) is 37.9 Å². The Morgan fingerprint density at radius 2 is 2.15 bits per heavy atom. The van der Waals surface area contributed by atoms with Crippen LogP contribution in [0.1, 0.15) is 36.6 Å². The average molecular weight is 277 g/mol. The van der Waals surface area contributed by atoms with Gasteiger partial charge in [0, 0.05) is 11.8 Å². The molecule has 0 amide bonds. The summed E-state index contributed by atoms with van der Waals surface area (Å²) >= 11 is 0. The van der Waals surface area contributed by atoms with E-state index >= 15 is 0 Å². The maximum Gasteiger partial charge on any atom is 0.233 e. The molecule has 2 heterocycles. The molecule has 0 saturated heterocycles. The lowest BCUT2D eigenvalue weighted by atomic mass is 10.2. The lowest BCUT2D eigenvalue weighted by molar-refractivity contribution is 0.255. The molecule has 0 aliphatic rings. The normalized spacial score (nSPS) is 11.2. The van der Waals surface area contributed by atoms with E-state index in [1.54, 1.807) is 0 Å². The van der Waals surface area contributed by atoms with Gasteiger partial charge in [0.1, 0.15) is 18.1 Å².